The molecule has 1 unspecified atom stereocenters. The van der Waals surface area contributed by atoms with Gasteiger partial charge in [-0.05, 0) is 38.4 Å². The molecule has 0 fully saturated rings. The molecule has 0 aliphatic rings. The summed E-state index contributed by atoms with van der Waals surface area (Å²) in [5.74, 6) is 0.0686. The fourth-order valence-electron chi connectivity index (χ4n) is 1.64. The molecule has 1 atom stereocenters. The molecule has 0 radical (unpaired) electrons. The van der Waals surface area contributed by atoms with E-state index in [1.54, 1.807) is 4.90 Å². The molecular formula is C13H20N2O. The lowest BCUT2D eigenvalue weighted by molar-refractivity contribution is 0.0738. The average Bonchev–Trinajstić information content (AvgIpc) is 2.28. The maximum Gasteiger partial charge on any atom is 0.254 e. The van der Waals surface area contributed by atoms with E-state index < -0.39 is 0 Å². The zero-order valence-corrected chi connectivity index (χ0v) is 10.2. The van der Waals surface area contributed by atoms with Crippen molar-refractivity contribution in [2.75, 3.05) is 13.6 Å². The van der Waals surface area contributed by atoms with Gasteiger partial charge in [0.15, 0.2) is 0 Å². The van der Waals surface area contributed by atoms with Gasteiger partial charge in [-0.25, -0.2) is 0 Å². The molecule has 0 heterocycles. The first-order chi connectivity index (χ1) is 7.57. The van der Waals surface area contributed by atoms with Gasteiger partial charge in [-0.2, -0.15) is 0 Å². The Balaban J connectivity index is 2.82. The SMILES string of the molecule is Cc1ccccc1C(=O)N(C)C(C)CCN. The Bertz CT molecular complexity index is 363. The van der Waals surface area contributed by atoms with Crippen LogP contribution in [0.3, 0.4) is 0 Å². The average molecular weight is 220 g/mol. The van der Waals surface area contributed by atoms with E-state index in [1.165, 1.54) is 0 Å². The lowest BCUT2D eigenvalue weighted by atomic mass is 10.1. The summed E-state index contributed by atoms with van der Waals surface area (Å²) in [6, 6.07) is 7.83. The monoisotopic (exact) mass is 220 g/mol. The number of aryl methyl sites for hydroxylation is 1. The lowest BCUT2D eigenvalue weighted by Crippen LogP contribution is -2.36. The molecule has 0 saturated heterocycles. The van der Waals surface area contributed by atoms with Crippen molar-refractivity contribution >= 4 is 5.91 Å². The summed E-state index contributed by atoms with van der Waals surface area (Å²) in [6.45, 7) is 4.57. The van der Waals surface area contributed by atoms with Crippen molar-refractivity contribution < 1.29 is 4.79 Å². The molecule has 0 aromatic heterocycles. The Morgan fingerprint density at radius 2 is 2.06 bits per heavy atom. The van der Waals surface area contributed by atoms with Crippen LogP contribution in [0.25, 0.3) is 0 Å². The maximum absolute atomic E-state index is 12.2. The Morgan fingerprint density at radius 1 is 1.44 bits per heavy atom. The molecule has 16 heavy (non-hydrogen) atoms. The van der Waals surface area contributed by atoms with Crippen LogP contribution in [0.4, 0.5) is 0 Å². The van der Waals surface area contributed by atoms with E-state index in [1.807, 2.05) is 45.2 Å². The van der Waals surface area contributed by atoms with Crippen LogP contribution in [0.15, 0.2) is 24.3 Å². The fraction of sp³-hybridized carbons (Fsp3) is 0.462. The van der Waals surface area contributed by atoms with E-state index in [9.17, 15) is 4.79 Å². The van der Waals surface area contributed by atoms with Crippen LogP contribution < -0.4 is 5.73 Å². The third-order valence-corrected chi connectivity index (χ3v) is 2.94. The number of hydrogen-bond acceptors (Lipinski definition) is 2. The second kappa shape index (κ2) is 5.66. The highest BCUT2D eigenvalue weighted by Gasteiger charge is 2.17. The Labute approximate surface area is 97.2 Å². The third-order valence-electron chi connectivity index (χ3n) is 2.94. The van der Waals surface area contributed by atoms with Gasteiger partial charge in [0.05, 0.1) is 0 Å². The molecular weight excluding hydrogens is 200 g/mol. The van der Waals surface area contributed by atoms with Gasteiger partial charge in [0, 0.05) is 18.7 Å². The van der Waals surface area contributed by atoms with E-state index in [4.69, 9.17) is 5.73 Å². The molecule has 3 nitrogen and oxygen atoms in total. The van der Waals surface area contributed by atoms with E-state index in [0.29, 0.717) is 6.54 Å². The molecule has 88 valence electrons. The highest BCUT2D eigenvalue weighted by atomic mass is 16.2. The minimum atomic E-state index is 0.0686. The maximum atomic E-state index is 12.2. The fourth-order valence-corrected chi connectivity index (χ4v) is 1.64. The van der Waals surface area contributed by atoms with E-state index in [0.717, 1.165) is 17.5 Å². The first-order valence-corrected chi connectivity index (χ1v) is 5.60. The van der Waals surface area contributed by atoms with Gasteiger partial charge < -0.3 is 10.6 Å². The van der Waals surface area contributed by atoms with Crippen molar-refractivity contribution in [3.05, 3.63) is 35.4 Å². The number of nitrogens with two attached hydrogens (primary N) is 1. The van der Waals surface area contributed by atoms with Crippen LogP contribution in [-0.2, 0) is 0 Å². The Morgan fingerprint density at radius 3 is 2.62 bits per heavy atom. The zero-order chi connectivity index (χ0) is 12.1. The summed E-state index contributed by atoms with van der Waals surface area (Å²) >= 11 is 0. The first kappa shape index (κ1) is 12.7. The minimum Gasteiger partial charge on any atom is -0.339 e. The summed E-state index contributed by atoms with van der Waals surface area (Å²) < 4.78 is 0. The number of nitrogens with zero attached hydrogens (tertiary/aromatic N) is 1. The summed E-state index contributed by atoms with van der Waals surface area (Å²) in [4.78, 5) is 13.9. The standard InChI is InChI=1S/C13H20N2O/c1-10-6-4-5-7-12(10)13(16)15(3)11(2)8-9-14/h4-7,11H,8-9,14H2,1-3H3. The molecule has 1 aromatic rings. The van der Waals surface area contributed by atoms with Crippen LogP contribution in [0, 0.1) is 6.92 Å². The molecule has 2 N–H and O–H groups in total. The summed E-state index contributed by atoms with van der Waals surface area (Å²) in [5, 5.41) is 0. The number of rotatable bonds is 4. The van der Waals surface area contributed by atoms with Crippen molar-refractivity contribution in [1.29, 1.82) is 0 Å². The molecule has 0 aliphatic heterocycles. The van der Waals surface area contributed by atoms with Gasteiger partial charge in [-0.15, -0.1) is 0 Å². The highest BCUT2D eigenvalue weighted by molar-refractivity contribution is 5.95. The van der Waals surface area contributed by atoms with Gasteiger partial charge >= 0.3 is 0 Å². The van der Waals surface area contributed by atoms with Gasteiger partial charge in [-0.1, -0.05) is 18.2 Å². The Hall–Kier alpha value is -1.35. The Kier molecular flexibility index (Phi) is 4.50. The van der Waals surface area contributed by atoms with Crippen LogP contribution in [0.5, 0.6) is 0 Å². The van der Waals surface area contributed by atoms with Crippen molar-refractivity contribution in [3.8, 4) is 0 Å². The van der Waals surface area contributed by atoms with E-state index in [2.05, 4.69) is 0 Å². The van der Waals surface area contributed by atoms with Gasteiger partial charge in [0.25, 0.3) is 5.91 Å². The van der Waals surface area contributed by atoms with Gasteiger partial charge in [-0.3, -0.25) is 4.79 Å². The van der Waals surface area contributed by atoms with E-state index in [-0.39, 0.29) is 11.9 Å². The number of carbonyl (C=O) groups is 1. The highest BCUT2D eigenvalue weighted by Crippen LogP contribution is 2.12. The number of benzene rings is 1. The molecule has 0 bridgehead atoms. The number of hydrogen-bond donors (Lipinski definition) is 1. The molecule has 1 amide bonds. The molecule has 3 heteroatoms. The summed E-state index contributed by atoms with van der Waals surface area (Å²) in [6.07, 6.45) is 0.828. The lowest BCUT2D eigenvalue weighted by Gasteiger charge is -2.25. The van der Waals surface area contributed by atoms with Gasteiger partial charge in [0.2, 0.25) is 0 Å². The molecule has 1 rings (SSSR count). The third kappa shape index (κ3) is 2.83. The zero-order valence-electron chi connectivity index (χ0n) is 10.2. The molecule has 0 spiro atoms. The van der Waals surface area contributed by atoms with Crippen LogP contribution in [0.1, 0.15) is 29.3 Å². The number of amides is 1. The second-order valence-corrected chi connectivity index (χ2v) is 4.16. The van der Waals surface area contributed by atoms with Crippen LogP contribution >= 0.6 is 0 Å². The normalized spacial score (nSPS) is 12.2. The predicted molar refractivity (Wildman–Crippen MR) is 66.4 cm³/mol. The summed E-state index contributed by atoms with van der Waals surface area (Å²) in [7, 11) is 1.83. The van der Waals surface area contributed by atoms with E-state index >= 15 is 0 Å². The van der Waals surface area contributed by atoms with Crippen LogP contribution in [0.2, 0.25) is 0 Å². The predicted octanol–water partition coefficient (Wildman–Crippen LogP) is 1.80. The number of carbonyl (C=O) groups excluding carboxylic acids is 1. The molecule has 0 saturated carbocycles. The van der Waals surface area contributed by atoms with Crippen molar-refractivity contribution in [3.63, 3.8) is 0 Å². The molecule has 1 aromatic carbocycles. The van der Waals surface area contributed by atoms with Crippen molar-refractivity contribution in [2.45, 2.75) is 26.3 Å². The molecule has 0 aliphatic carbocycles. The largest absolute Gasteiger partial charge is 0.339 e. The minimum absolute atomic E-state index is 0.0686. The second-order valence-electron chi connectivity index (χ2n) is 4.16. The summed E-state index contributed by atoms with van der Waals surface area (Å²) in [5.41, 5.74) is 7.28. The smallest absolute Gasteiger partial charge is 0.254 e. The quantitative estimate of drug-likeness (QED) is 0.841. The topological polar surface area (TPSA) is 46.3 Å². The van der Waals surface area contributed by atoms with Crippen molar-refractivity contribution in [1.82, 2.24) is 4.90 Å². The first-order valence-electron chi connectivity index (χ1n) is 5.60. The van der Waals surface area contributed by atoms with Crippen molar-refractivity contribution in [2.24, 2.45) is 5.73 Å². The van der Waals surface area contributed by atoms with Gasteiger partial charge in [0.1, 0.15) is 0 Å². The van der Waals surface area contributed by atoms with Crippen LogP contribution in [-0.4, -0.2) is 30.4 Å².